The second-order valence-electron chi connectivity index (χ2n) is 3.94. The molecule has 7 heteroatoms. The Morgan fingerprint density at radius 2 is 2.00 bits per heavy atom. The summed E-state index contributed by atoms with van der Waals surface area (Å²) in [5.74, 6) is -0.709. The third-order valence-electron chi connectivity index (χ3n) is 2.47. The second-order valence-corrected chi connectivity index (χ2v) is 4.38. The van der Waals surface area contributed by atoms with E-state index in [0.29, 0.717) is 17.2 Å². The van der Waals surface area contributed by atoms with Gasteiger partial charge < -0.3 is 4.74 Å². The normalized spacial score (nSPS) is 10.3. The molecule has 1 aromatic carbocycles. The highest BCUT2D eigenvalue weighted by molar-refractivity contribution is 6.30. The maximum Gasteiger partial charge on any atom is 0.327 e. The molecular weight excluding hydrogens is 282 g/mol. The number of esters is 1. The van der Waals surface area contributed by atoms with Gasteiger partial charge in [-0.3, -0.25) is 9.59 Å². The first-order chi connectivity index (χ1) is 9.60. The predicted octanol–water partition coefficient (Wildman–Crippen LogP) is 1.73. The Morgan fingerprint density at radius 3 is 2.65 bits per heavy atom. The van der Waals surface area contributed by atoms with Crippen LogP contribution in [-0.4, -0.2) is 33.4 Å². The average Bonchev–Trinajstić information content (AvgIpc) is 2.87. The maximum atomic E-state index is 12.1. The van der Waals surface area contributed by atoms with E-state index in [1.54, 1.807) is 31.2 Å². The first-order valence-corrected chi connectivity index (χ1v) is 6.34. The van der Waals surface area contributed by atoms with Crippen LogP contribution < -0.4 is 0 Å². The van der Waals surface area contributed by atoms with Crippen LogP contribution in [0.15, 0.2) is 30.5 Å². The number of ether oxygens (including phenoxy) is 1. The maximum absolute atomic E-state index is 12.1. The van der Waals surface area contributed by atoms with Crippen LogP contribution >= 0.6 is 11.6 Å². The highest BCUT2D eigenvalue weighted by Crippen LogP contribution is 2.12. The Labute approximate surface area is 120 Å². The molecule has 2 rings (SSSR count). The molecule has 0 spiro atoms. The van der Waals surface area contributed by atoms with Crippen molar-refractivity contribution >= 4 is 23.4 Å². The SMILES string of the molecule is CCOC(=O)Cn1cc(C(=O)c2ccc(Cl)cc2)nn1. The minimum absolute atomic E-state index is 0.0747. The van der Waals surface area contributed by atoms with Crippen molar-refractivity contribution in [3.05, 3.63) is 46.7 Å². The van der Waals surface area contributed by atoms with Crippen LogP contribution in [0.1, 0.15) is 23.0 Å². The van der Waals surface area contributed by atoms with Gasteiger partial charge in [0.05, 0.1) is 12.8 Å². The molecule has 6 nitrogen and oxygen atoms in total. The first-order valence-electron chi connectivity index (χ1n) is 5.96. The number of hydrogen-bond acceptors (Lipinski definition) is 5. The van der Waals surface area contributed by atoms with Gasteiger partial charge in [-0.05, 0) is 31.2 Å². The third kappa shape index (κ3) is 3.42. The number of nitrogens with zero attached hydrogens (tertiary/aromatic N) is 3. The van der Waals surface area contributed by atoms with E-state index in [9.17, 15) is 9.59 Å². The highest BCUT2D eigenvalue weighted by Gasteiger charge is 2.14. The van der Waals surface area contributed by atoms with Gasteiger partial charge in [-0.2, -0.15) is 0 Å². The van der Waals surface area contributed by atoms with E-state index in [-0.39, 0.29) is 18.0 Å². The topological polar surface area (TPSA) is 74.1 Å². The number of hydrogen-bond donors (Lipinski definition) is 0. The molecule has 0 saturated heterocycles. The number of ketones is 1. The largest absolute Gasteiger partial charge is 0.465 e. The lowest BCUT2D eigenvalue weighted by molar-refractivity contribution is -0.144. The van der Waals surface area contributed by atoms with Crippen LogP contribution in [0.3, 0.4) is 0 Å². The van der Waals surface area contributed by atoms with Crippen molar-refractivity contribution in [1.29, 1.82) is 0 Å². The van der Waals surface area contributed by atoms with Crippen molar-refractivity contribution in [2.45, 2.75) is 13.5 Å². The van der Waals surface area contributed by atoms with E-state index >= 15 is 0 Å². The Balaban J connectivity index is 2.10. The van der Waals surface area contributed by atoms with E-state index in [2.05, 4.69) is 10.3 Å². The van der Waals surface area contributed by atoms with Gasteiger partial charge in [-0.25, -0.2) is 4.68 Å². The number of rotatable bonds is 5. The van der Waals surface area contributed by atoms with Gasteiger partial charge in [0, 0.05) is 10.6 Å². The lowest BCUT2D eigenvalue weighted by Gasteiger charge is -2.00. The van der Waals surface area contributed by atoms with E-state index < -0.39 is 5.97 Å². The zero-order chi connectivity index (χ0) is 14.5. The smallest absolute Gasteiger partial charge is 0.327 e. The van der Waals surface area contributed by atoms with E-state index in [4.69, 9.17) is 16.3 Å². The summed E-state index contributed by atoms with van der Waals surface area (Å²) in [7, 11) is 0. The van der Waals surface area contributed by atoms with Crippen LogP contribution in [0.25, 0.3) is 0 Å². The summed E-state index contributed by atoms with van der Waals surface area (Å²) in [5, 5.41) is 8.02. The van der Waals surface area contributed by atoms with E-state index in [1.165, 1.54) is 10.9 Å². The number of benzene rings is 1. The standard InChI is InChI=1S/C13H12ClN3O3/c1-2-20-12(18)8-17-7-11(15-16-17)13(19)9-3-5-10(14)6-4-9/h3-7H,2,8H2,1H3. The molecule has 0 saturated carbocycles. The Bertz CT molecular complexity index is 622. The molecule has 0 unspecified atom stereocenters. The van der Waals surface area contributed by atoms with Gasteiger partial charge in [0.15, 0.2) is 5.69 Å². The fourth-order valence-electron chi connectivity index (χ4n) is 1.57. The number of halogens is 1. The van der Waals surface area contributed by atoms with Crippen LogP contribution in [-0.2, 0) is 16.1 Å². The molecule has 0 aliphatic carbocycles. The lowest BCUT2D eigenvalue weighted by Crippen LogP contribution is -2.13. The molecule has 1 heterocycles. The van der Waals surface area contributed by atoms with Gasteiger partial charge in [0.2, 0.25) is 5.78 Å². The third-order valence-corrected chi connectivity index (χ3v) is 2.73. The van der Waals surface area contributed by atoms with Crippen LogP contribution in [0, 0.1) is 0 Å². The molecule has 0 radical (unpaired) electrons. The molecule has 0 aliphatic heterocycles. The zero-order valence-electron chi connectivity index (χ0n) is 10.7. The molecule has 104 valence electrons. The summed E-state index contributed by atoms with van der Waals surface area (Å²) in [6, 6.07) is 6.46. The van der Waals surface area contributed by atoms with Crippen LogP contribution in [0.2, 0.25) is 5.02 Å². The molecule has 0 fully saturated rings. The monoisotopic (exact) mass is 293 g/mol. The van der Waals surface area contributed by atoms with Gasteiger partial charge >= 0.3 is 5.97 Å². The molecule has 0 amide bonds. The molecule has 0 bridgehead atoms. The zero-order valence-corrected chi connectivity index (χ0v) is 11.5. The van der Waals surface area contributed by atoms with Crippen molar-refractivity contribution in [2.24, 2.45) is 0 Å². The summed E-state index contributed by atoms with van der Waals surface area (Å²) in [6.45, 7) is 1.94. The van der Waals surface area contributed by atoms with Gasteiger partial charge in [0.1, 0.15) is 6.54 Å². The lowest BCUT2D eigenvalue weighted by atomic mass is 10.1. The summed E-state index contributed by atoms with van der Waals surface area (Å²) in [4.78, 5) is 23.4. The molecule has 0 atom stereocenters. The second kappa shape index (κ2) is 6.29. The van der Waals surface area contributed by atoms with Crippen molar-refractivity contribution in [1.82, 2.24) is 15.0 Å². The molecule has 0 aliphatic rings. The summed E-state index contributed by atoms with van der Waals surface area (Å²) in [6.07, 6.45) is 1.41. The van der Waals surface area contributed by atoms with Crippen molar-refractivity contribution in [3.8, 4) is 0 Å². The summed E-state index contributed by atoms with van der Waals surface area (Å²) >= 11 is 5.76. The minimum Gasteiger partial charge on any atom is -0.465 e. The van der Waals surface area contributed by atoms with E-state index in [0.717, 1.165) is 0 Å². The Hall–Kier alpha value is -2.21. The molecule has 20 heavy (non-hydrogen) atoms. The molecular formula is C13H12ClN3O3. The van der Waals surface area contributed by atoms with E-state index in [1.807, 2.05) is 0 Å². The predicted molar refractivity (Wildman–Crippen MR) is 71.5 cm³/mol. The number of carbonyl (C=O) groups excluding carboxylic acids is 2. The van der Waals surface area contributed by atoms with Crippen molar-refractivity contribution < 1.29 is 14.3 Å². The quantitative estimate of drug-likeness (QED) is 0.620. The summed E-state index contributed by atoms with van der Waals surface area (Å²) < 4.78 is 6.05. The van der Waals surface area contributed by atoms with Gasteiger partial charge in [0.25, 0.3) is 0 Å². The summed E-state index contributed by atoms with van der Waals surface area (Å²) in [5.41, 5.74) is 0.620. The number of aromatic nitrogens is 3. The van der Waals surface area contributed by atoms with Crippen LogP contribution in [0.4, 0.5) is 0 Å². The molecule has 2 aromatic rings. The fraction of sp³-hybridized carbons (Fsp3) is 0.231. The van der Waals surface area contributed by atoms with Gasteiger partial charge in [-0.15, -0.1) is 5.10 Å². The molecule has 0 N–H and O–H groups in total. The fourth-order valence-corrected chi connectivity index (χ4v) is 1.69. The van der Waals surface area contributed by atoms with Crippen LogP contribution in [0.5, 0.6) is 0 Å². The first kappa shape index (κ1) is 14.2. The highest BCUT2D eigenvalue weighted by atomic mass is 35.5. The van der Waals surface area contributed by atoms with Crippen molar-refractivity contribution in [2.75, 3.05) is 6.61 Å². The molecule has 1 aromatic heterocycles. The minimum atomic E-state index is -0.428. The Kier molecular flexibility index (Phi) is 4.47. The number of carbonyl (C=O) groups is 2. The average molecular weight is 294 g/mol. The van der Waals surface area contributed by atoms with Gasteiger partial charge in [-0.1, -0.05) is 16.8 Å². The van der Waals surface area contributed by atoms with Crippen molar-refractivity contribution in [3.63, 3.8) is 0 Å². The Morgan fingerprint density at radius 1 is 1.30 bits per heavy atom.